The van der Waals surface area contributed by atoms with E-state index in [9.17, 15) is 35.1 Å². The Hall–Kier alpha value is -2.90. The third-order valence-electron chi connectivity index (χ3n) is 17.5. The maximum Gasteiger partial charge on any atom is 0.305 e. The van der Waals surface area contributed by atoms with Gasteiger partial charge < -0.3 is 45.1 Å². The van der Waals surface area contributed by atoms with Crippen LogP contribution >= 0.6 is 0 Å². The van der Waals surface area contributed by atoms with Crippen molar-refractivity contribution in [3.8, 4) is 0 Å². The number of aliphatic hydroxyl groups is 5. The molecule has 0 saturated carbocycles. The smallest absolute Gasteiger partial charge is 0.305 e. The molecule has 0 spiro atoms. The highest BCUT2D eigenvalue weighted by Gasteiger charge is 2.44. The first-order chi connectivity index (χ1) is 43.7. The van der Waals surface area contributed by atoms with Crippen molar-refractivity contribution in [1.82, 2.24) is 5.32 Å². The number of unbranched alkanes of at least 4 members (excludes halogenated alkanes) is 42. The second kappa shape index (κ2) is 66.6. The summed E-state index contributed by atoms with van der Waals surface area (Å²) in [5.74, 6) is -0.194. The lowest BCUT2D eigenvalue weighted by atomic mass is 9.99. The summed E-state index contributed by atoms with van der Waals surface area (Å²) in [7, 11) is 0. The lowest BCUT2D eigenvalue weighted by molar-refractivity contribution is -0.302. The third-order valence-corrected chi connectivity index (χ3v) is 17.5. The van der Waals surface area contributed by atoms with Gasteiger partial charge in [-0.25, -0.2) is 0 Å². The Labute approximate surface area is 547 Å². The largest absolute Gasteiger partial charge is 0.466 e. The SMILES string of the molecule is CC/C=C/CC/C=C/CC/C=C/C(O)C(COC1OC(CO)C(O)C(O)C1O)NC(=O)CCCCCCCCCCCCCCCCCCC/C=C\C/C=C\CCCCCCCCCCCCCOC(=O)CCCCCCC/C=C\CCCCCCCCC. The fourth-order valence-electron chi connectivity index (χ4n) is 11.6. The zero-order valence-electron chi connectivity index (χ0n) is 57.6. The van der Waals surface area contributed by atoms with Crippen LogP contribution in [0, 0.1) is 0 Å². The van der Waals surface area contributed by atoms with Gasteiger partial charge in [0.2, 0.25) is 5.91 Å². The van der Waals surface area contributed by atoms with Gasteiger partial charge in [0.15, 0.2) is 6.29 Å². The molecule has 0 aromatic rings. The monoisotopic (exact) mass is 1250 g/mol. The van der Waals surface area contributed by atoms with E-state index in [1.54, 1.807) is 6.08 Å². The van der Waals surface area contributed by atoms with E-state index in [0.29, 0.717) is 19.4 Å². The van der Waals surface area contributed by atoms with Gasteiger partial charge in [0.1, 0.15) is 24.4 Å². The fraction of sp³-hybridized carbons (Fsp3) is 0.821. The molecular formula is C78H141NO10. The Morgan fingerprint density at radius 3 is 1.24 bits per heavy atom. The van der Waals surface area contributed by atoms with Crippen LogP contribution in [-0.4, -0.2) is 100 Å². The number of nitrogens with one attached hydrogen (secondary N) is 1. The van der Waals surface area contributed by atoms with E-state index in [4.69, 9.17) is 14.2 Å². The topological polar surface area (TPSA) is 175 Å². The summed E-state index contributed by atoms with van der Waals surface area (Å²) in [6.07, 6.45) is 80.8. The molecule has 0 aromatic heterocycles. The maximum absolute atomic E-state index is 13.0. The molecule has 0 aromatic carbocycles. The zero-order valence-corrected chi connectivity index (χ0v) is 57.6. The Kier molecular flexibility index (Phi) is 62.9. The Morgan fingerprint density at radius 1 is 0.427 bits per heavy atom. The highest BCUT2D eigenvalue weighted by molar-refractivity contribution is 5.76. The van der Waals surface area contributed by atoms with Crippen LogP contribution in [-0.2, 0) is 23.8 Å². The molecule has 7 atom stereocenters. The molecule has 89 heavy (non-hydrogen) atoms. The summed E-state index contributed by atoms with van der Waals surface area (Å²) in [4.78, 5) is 25.1. The fourth-order valence-corrected chi connectivity index (χ4v) is 11.6. The van der Waals surface area contributed by atoms with Crippen molar-refractivity contribution in [1.29, 1.82) is 0 Å². The molecule has 518 valence electrons. The van der Waals surface area contributed by atoms with Gasteiger partial charge in [-0.1, -0.05) is 299 Å². The first-order valence-electron chi connectivity index (χ1n) is 37.7. The van der Waals surface area contributed by atoms with Crippen LogP contribution in [0.5, 0.6) is 0 Å². The quantitative estimate of drug-likeness (QED) is 0.0195. The van der Waals surface area contributed by atoms with Crippen LogP contribution in [0.3, 0.4) is 0 Å². The van der Waals surface area contributed by atoms with Gasteiger partial charge in [-0.05, 0) is 109 Å². The van der Waals surface area contributed by atoms with Gasteiger partial charge in [-0.2, -0.15) is 0 Å². The van der Waals surface area contributed by atoms with E-state index >= 15 is 0 Å². The number of hydrogen-bond donors (Lipinski definition) is 6. The predicted octanol–water partition coefficient (Wildman–Crippen LogP) is 19.9. The van der Waals surface area contributed by atoms with Gasteiger partial charge in [0.25, 0.3) is 0 Å². The first-order valence-corrected chi connectivity index (χ1v) is 37.7. The molecular weight excluding hydrogens is 1110 g/mol. The maximum atomic E-state index is 13.0. The van der Waals surface area contributed by atoms with Crippen LogP contribution in [0.2, 0.25) is 0 Å². The van der Waals surface area contributed by atoms with Crippen molar-refractivity contribution in [2.45, 2.75) is 391 Å². The molecule has 1 aliphatic heterocycles. The number of esters is 1. The molecule has 0 radical (unpaired) electrons. The lowest BCUT2D eigenvalue weighted by Gasteiger charge is -2.40. The molecule has 11 heteroatoms. The van der Waals surface area contributed by atoms with Gasteiger partial charge in [-0.3, -0.25) is 9.59 Å². The number of carbonyl (C=O) groups excluding carboxylic acids is 2. The number of hydrogen-bond acceptors (Lipinski definition) is 10. The van der Waals surface area contributed by atoms with Crippen molar-refractivity contribution in [2.75, 3.05) is 19.8 Å². The summed E-state index contributed by atoms with van der Waals surface area (Å²) in [6.45, 7) is 4.22. The Balaban J connectivity index is 1.90. The van der Waals surface area contributed by atoms with Gasteiger partial charge in [-0.15, -0.1) is 0 Å². The van der Waals surface area contributed by atoms with Gasteiger partial charge >= 0.3 is 5.97 Å². The molecule has 11 nitrogen and oxygen atoms in total. The summed E-state index contributed by atoms with van der Waals surface area (Å²) in [5, 5.41) is 54.3. The normalized spacial score (nSPS) is 18.1. The van der Waals surface area contributed by atoms with E-state index in [-0.39, 0.29) is 18.5 Å². The van der Waals surface area contributed by atoms with E-state index in [2.05, 4.69) is 79.9 Å². The van der Waals surface area contributed by atoms with Crippen LogP contribution < -0.4 is 5.32 Å². The van der Waals surface area contributed by atoms with Crippen molar-refractivity contribution in [2.24, 2.45) is 0 Å². The van der Waals surface area contributed by atoms with E-state index in [1.807, 2.05) is 6.08 Å². The molecule has 7 unspecified atom stereocenters. The van der Waals surface area contributed by atoms with Crippen molar-refractivity contribution in [3.05, 3.63) is 72.9 Å². The molecule has 1 heterocycles. The number of aliphatic hydroxyl groups excluding tert-OH is 5. The van der Waals surface area contributed by atoms with Crippen LogP contribution in [0.25, 0.3) is 0 Å². The van der Waals surface area contributed by atoms with Crippen molar-refractivity contribution < 1.29 is 49.3 Å². The van der Waals surface area contributed by atoms with Gasteiger partial charge in [0, 0.05) is 12.8 Å². The van der Waals surface area contributed by atoms with Crippen molar-refractivity contribution in [3.63, 3.8) is 0 Å². The standard InChI is InChI=1S/C78H141NO10/c1-3-5-7-9-11-13-15-16-17-40-43-46-50-54-58-62-66-74(83)87-67-63-59-55-51-47-44-41-38-36-34-32-30-28-26-24-22-20-18-19-21-23-25-27-29-31-33-35-37-39-42-45-49-53-57-61-65-73(82)79-70(69-88-78-77(86)76(85)75(84)72(68-80)89-78)71(81)64-60-56-52-48-14-12-10-8-6-4-2/h6,8,14,17,20,22,26,28,40,48,60,64,70-72,75-78,80-81,84-86H,3-5,7,9-13,15-16,18-19,21,23-25,27,29-39,41-47,49-59,61-63,65-69H2,1-2H3,(H,79,82)/b8-6+,22-20-,28-26-,40-17-,48-14+,64-60+. The minimum atomic E-state index is -1.58. The number of ether oxygens (including phenoxy) is 3. The minimum Gasteiger partial charge on any atom is -0.466 e. The minimum absolute atomic E-state index is 0.00217. The lowest BCUT2D eigenvalue weighted by Crippen LogP contribution is -2.60. The van der Waals surface area contributed by atoms with Gasteiger partial charge in [0.05, 0.1) is 32.0 Å². The van der Waals surface area contributed by atoms with Crippen LogP contribution in [0.15, 0.2) is 72.9 Å². The molecule has 1 saturated heterocycles. The summed E-state index contributed by atoms with van der Waals surface area (Å²) < 4.78 is 16.7. The molecule has 1 fully saturated rings. The average molecular weight is 1250 g/mol. The first kappa shape index (κ1) is 84.1. The zero-order chi connectivity index (χ0) is 64.4. The van der Waals surface area contributed by atoms with E-state index in [1.165, 1.54) is 244 Å². The van der Waals surface area contributed by atoms with E-state index in [0.717, 1.165) is 77.0 Å². The third kappa shape index (κ3) is 55.3. The van der Waals surface area contributed by atoms with Crippen LogP contribution in [0.1, 0.15) is 348 Å². The summed E-state index contributed by atoms with van der Waals surface area (Å²) >= 11 is 0. The highest BCUT2D eigenvalue weighted by atomic mass is 16.7. The molecule has 0 aliphatic carbocycles. The van der Waals surface area contributed by atoms with E-state index < -0.39 is 49.5 Å². The Bertz CT molecular complexity index is 1710. The molecule has 1 rings (SSSR count). The second-order valence-electron chi connectivity index (χ2n) is 25.9. The Morgan fingerprint density at radius 2 is 0.798 bits per heavy atom. The second-order valence-corrected chi connectivity index (χ2v) is 25.9. The number of amides is 1. The number of allylic oxidation sites excluding steroid dienone is 11. The number of carbonyl (C=O) groups is 2. The summed E-state index contributed by atoms with van der Waals surface area (Å²) in [6, 6.07) is -0.833. The molecule has 6 N–H and O–H groups in total. The number of rotatable bonds is 66. The van der Waals surface area contributed by atoms with Crippen LogP contribution in [0.4, 0.5) is 0 Å². The summed E-state index contributed by atoms with van der Waals surface area (Å²) in [5.41, 5.74) is 0. The molecule has 0 bridgehead atoms. The molecule has 1 aliphatic rings. The molecule has 1 amide bonds. The average Bonchev–Trinajstić information content (AvgIpc) is 1.60. The predicted molar refractivity (Wildman–Crippen MR) is 375 cm³/mol. The highest BCUT2D eigenvalue weighted by Crippen LogP contribution is 2.23. The van der Waals surface area contributed by atoms with Crippen molar-refractivity contribution >= 4 is 11.9 Å².